The second-order valence-electron chi connectivity index (χ2n) is 6.30. The molecule has 0 unspecified atom stereocenters. The van der Waals surface area contributed by atoms with Crippen molar-refractivity contribution in [3.63, 3.8) is 0 Å². The molecule has 1 aromatic rings. The van der Waals surface area contributed by atoms with Crippen LogP contribution in [0.3, 0.4) is 0 Å². The first kappa shape index (κ1) is 14.6. The summed E-state index contributed by atoms with van der Waals surface area (Å²) in [5, 5.41) is 6.66. The van der Waals surface area contributed by atoms with Gasteiger partial charge in [0.2, 0.25) is 0 Å². The third kappa shape index (κ3) is 3.31. The zero-order valence-electron chi connectivity index (χ0n) is 12.4. The first-order chi connectivity index (χ1) is 10.1. The number of halogens is 1. The highest BCUT2D eigenvalue weighted by Gasteiger charge is 2.53. The second-order valence-corrected chi connectivity index (χ2v) is 6.70. The Morgan fingerprint density at radius 1 is 1.48 bits per heavy atom. The van der Waals surface area contributed by atoms with Crippen LogP contribution >= 0.6 is 11.6 Å². The maximum Gasteiger partial charge on any atom is 0.253 e. The normalized spacial score (nSPS) is 19.1. The molecule has 0 radical (unpaired) electrons. The van der Waals surface area contributed by atoms with Gasteiger partial charge in [-0.25, -0.2) is 4.98 Å². The predicted molar refractivity (Wildman–Crippen MR) is 84.8 cm³/mol. The van der Waals surface area contributed by atoms with E-state index in [-0.39, 0.29) is 5.91 Å². The maximum absolute atomic E-state index is 12.4. The molecule has 0 atom stereocenters. The number of nitrogens with one attached hydrogen (secondary N) is 2. The summed E-state index contributed by atoms with van der Waals surface area (Å²) >= 11 is 6.11. The van der Waals surface area contributed by atoms with Crippen molar-refractivity contribution in [2.75, 3.05) is 18.4 Å². The lowest BCUT2D eigenvalue weighted by atomic mass is 10.0. The summed E-state index contributed by atoms with van der Waals surface area (Å²) in [4.78, 5) is 16.6. The van der Waals surface area contributed by atoms with E-state index in [1.807, 2.05) is 0 Å². The molecule has 5 heteroatoms. The van der Waals surface area contributed by atoms with Gasteiger partial charge in [-0.1, -0.05) is 18.5 Å². The van der Waals surface area contributed by atoms with E-state index >= 15 is 0 Å². The number of carbonyl (C=O) groups is 1. The average Bonchev–Trinajstić information content (AvgIpc) is 3.36. The molecule has 0 spiro atoms. The minimum absolute atomic E-state index is 0.0890. The Bertz CT molecular complexity index is 538. The molecule has 2 N–H and O–H groups in total. The highest BCUT2D eigenvalue weighted by Crippen LogP contribution is 2.60. The van der Waals surface area contributed by atoms with Crippen molar-refractivity contribution in [1.29, 1.82) is 0 Å². The summed E-state index contributed by atoms with van der Waals surface area (Å²) in [6.45, 7) is 3.71. The van der Waals surface area contributed by atoms with Gasteiger partial charge in [0.25, 0.3) is 5.91 Å². The van der Waals surface area contributed by atoms with Crippen LogP contribution in [0.15, 0.2) is 12.3 Å². The molecule has 1 heterocycles. The summed E-state index contributed by atoms with van der Waals surface area (Å²) in [5.41, 5.74) is 0.912. The molecular weight excluding hydrogens is 286 g/mol. The van der Waals surface area contributed by atoms with Gasteiger partial charge in [0.1, 0.15) is 5.82 Å². The van der Waals surface area contributed by atoms with Gasteiger partial charge in [0.15, 0.2) is 0 Å². The summed E-state index contributed by atoms with van der Waals surface area (Å²) in [7, 11) is 0. The van der Waals surface area contributed by atoms with Crippen molar-refractivity contribution >= 4 is 23.3 Å². The van der Waals surface area contributed by atoms with Gasteiger partial charge in [-0.3, -0.25) is 4.79 Å². The van der Waals surface area contributed by atoms with Gasteiger partial charge in [-0.2, -0.15) is 0 Å². The summed E-state index contributed by atoms with van der Waals surface area (Å²) in [6.07, 6.45) is 7.72. The topological polar surface area (TPSA) is 54.0 Å². The number of nitrogens with zero attached hydrogens (tertiary/aromatic N) is 1. The molecule has 3 rings (SSSR count). The third-order valence-electron chi connectivity index (χ3n) is 4.59. The highest BCUT2D eigenvalue weighted by molar-refractivity contribution is 6.33. The van der Waals surface area contributed by atoms with E-state index in [1.54, 1.807) is 12.3 Å². The third-order valence-corrected chi connectivity index (χ3v) is 4.89. The number of hydrogen-bond acceptors (Lipinski definition) is 3. The van der Waals surface area contributed by atoms with Gasteiger partial charge in [0.05, 0.1) is 10.6 Å². The predicted octanol–water partition coefficient (Wildman–Crippen LogP) is 3.48. The molecule has 2 aliphatic carbocycles. The smallest absolute Gasteiger partial charge is 0.253 e. The number of amides is 1. The van der Waals surface area contributed by atoms with Crippen LogP contribution in [0.1, 0.15) is 49.4 Å². The molecule has 0 aromatic carbocycles. The quantitative estimate of drug-likeness (QED) is 0.811. The Hall–Kier alpha value is -1.29. The van der Waals surface area contributed by atoms with Crippen LogP contribution in [0.25, 0.3) is 0 Å². The van der Waals surface area contributed by atoms with Crippen LogP contribution in [-0.4, -0.2) is 24.0 Å². The molecule has 0 bridgehead atoms. The van der Waals surface area contributed by atoms with Crippen molar-refractivity contribution in [3.8, 4) is 0 Å². The lowest BCUT2D eigenvalue weighted by Crippen LogP contribution is -2.31. The Labute approximate surface area is 130 Å². The molecule has 0 aliphatic heterocycles. The first-order valence-corrected chi connectivity index (χ1v) is 8.20. The lowest BCUT2D eigenvalue weighted by Gasteiger charge is -2.15. The Morgan fingerprint density at radius 2 is 2.24 bits per heavy atom. The highest BCUT2D eigenvalue weighted by atomic mass is 35.5. The number of anilines is 1. The number of pyridine rings is 1. The number of carbonyl (C=O) groups excluding carboxylic acids is 1. The molecule has 21 heavy (non-hydrogen) atoms. The molecule has 1 aromatic heterocycles. The minimum Gasteiger partial charge on any atom is -0.370 e. The fourth-order valence-corrected chi connectivity index (χ4v) is 3.09. The van der Waals surface area contributed by atoms with Crippen LogP contribution in [-0.2, 0) is 0 Å². The van der Waals surface area contributed by atoms with E-state index in [9.17, 15) is 4.79 Å². The number of hydrogen-bond donors (Lipinski definition) is 2. The van der Waals surface area contributed by atoms with E-state index in [4.69, 9.17) is 11.6 Å². The van der Waals surface area contributed by atoms with Gasteiger partial charge in [-0.05, 0) is 49.5 Å². The fraction of sp³-hybridized carbons (Fsp3) is 0.625. The molecule has 114 valence electrons. The minimum atomic E-state index is -0.0890. The number of aromatic nitrogens is 1. The Morgan fingerprint density at radius 3 is 2.86 bits per heavy atom. The molecular formula is C16H22ClN3O. The molecule has 0 saturated heterocycles. The monoisotopic (exact) mass is 307 g/mol. The van der Waals surface area contributed by atoms with Crippen molar-refractivity contribution < 1.29 is 4.79 Å². The fourth-order valence-electron chi connectivity index (χ4n) is 2.90. The van der Waals surface area contributed by atoms with Gasteiger partial charge in [-0.15, -0.1) is 0 Å². The number of rotatable bonds is 7. The van der Waals surface area contributed by atoms with E-state index in [0.29, 0.717) is 21.8 Å². The zero-order chi connectivity index (χ0) is 14.9. The van der Waals surface area contributed by atoms with E-state index in [2.05, 4.69) is 22.5 Å². The van der Waals surface area contributed by atoms with Crippen molar-refractivity contribution in [1.82, 2.24) is 10.3 Å². The second kappa shape index (κ2) is 5.84. The molecule has 2 aliphatic rings. The van der Waals surface area contributed by atoms with E-state index in [0.717, 1.165) is 25.4 Å². The molecule has 2 saturated carbocycles. The zero-order valence-corrected chi connectivity index (χ0v) is 13.2. The van der Waals surface area contributed by atoms with Gasteiger partial charge in [0, 0.05) is 19.3 Å². The van der Waals surface area contributed by atoms with Gasteiger partial charge < -0.3 is 10.6 Å². The summed E-state index contributed by atoms with van der Waals surface area (Å²) in [6, 6.07) is 1.74. The Balaban J connectivity index is 1.63. The first-order valence-electron chi connectivity index (χ1n) is 7.82. The maximum atomic E-state index is 12.4. The van der Waals surface area contributed by atoms with Crippen LogP contribution in [0.4, 0.5) is 5.82 Å². The molecule has 2 fully saturated rings. The lowest BCUT2D eigenvalue weighted by molar-refractivity contribution is 0.0942. The van der Waals surface area contributed by atoms with Crippen LogP contribution < -0.4 is 10.6 Å². The molecule has 4 nitrogen and oxygen atoms in total. The summed E-state index contributed by atoms with van der Waals surface area (Å²) < 4.78 is 0. The molecule has 1 amide bonds. The SMILES string of the molecule is CCCNc1cc(C(=O)NCC2(C3CC3)CC2)c(Cl)cn1. The van der Waals surface area contributed by atoms with E-state index in [1.165, 1.54) is 25.7 Å². The van der Waals surface area contributed by atoms with Crippen molar-refractivity contribution in [2.45, 2.75) is 39.0 Å². The summed E-state index contributed by atoms with van der Waals surface area (Å²) in [5.74, 6) is 1.45. The van der Waals surface area contributed by atoms with E-state index < -0.39 is 0 Å². The van der Waals surface area contributed by atoms with Crippen LogP contribution in [0, 0.1) is 11.3 Å². The average molecular weight is 308 g/mol. The van der Waals surface area contributed by atoms with Gasteiger partial charge >= 0.3 is 0 Å². The Kier molecular flexibility index (Phi) is 4.07. The van der Waals surface area contributed by atoms with Crippen molar-refractivity contribution in [3.05, 3.63) is 22.8 Å². The largest absolute Gasteiger partial charge is 0.370 e. The standard InChI is InChI=1S/C16H22ClN3O/c1-2-7-18-14-8-12(13(17)9-19-14)15(21)20-10-16(5-6-16)11-3-4-11/h8-9,11H,2-7,10H2,1H3,(H,18,19)(H,20,21). The van der Waals surface area contributed by atoms with Crippen LogP contribution in [0.5, 0.6) is 0 Å². The van der Waals surface area contributed by atoms with Crippen LogP contribution in [0.2, 0.25) is 5.02 Å². The van der Waals surface area contributed by atoms with Crippen molar-refractivity contribution in [2.24, 2.45) is 11.3 Å².